The lowest BCUT2D eigenvalue weighted by atomic mass is 9.98. The van der Waals surface area contributed by atoms with Crippen LogP contribution >= 0.6 is 0 Å². The van der Waals surface area contributed by atoms with Gasteiger partial charge in [-0.3, -0.25) is 4.68 Å². The van der Waals surface area contributed by atoms with Gasteiger partial charge >= 0.3 is 5.97 Å². The van der Waals surface area contributed by atoms with Crippen LogP contribution in [0.3, 0.4) is 0 Å². The van der Waals surface area contributed by atoms with Crippen LogP contribution in [-0.2, 0) is 29.0 Å². The quantitative estimate of drug-likeness (QED) is 0.108. The van der Waals surface area contributed by atoms with E-state index in [1.54, 1.807) is 0 Å². The van der Waals surface area contributed by atoms with Crippen molar-refractivity contribution in [3.05, 3.63) is 95.5 Å². The van der Waals surface area contributed by atoms with Crippen molar-refractivity contribution in [2.45, 2.75) is 58.7 Å². The van der Waals surface area contributed by atoms with Crippen LogP contribution in [0.2, 0.25) is 0 Å². The van der Waals surface area contributed by atoms with Crippen molar-refractivity contribution in [2.75, 3.05) is 19.8 Å². The predicted molar refractivity (Wildman–Crippen MR) is 169 cm³/mol. The minimum atomic E-state index is -0.292. The molecule has 7 nitrogen and oxygen atoms in total. The topological polar surface area (TPSA) is 67.5 Å². The van der Waals surface area contributed by atoms with Crippen molar-refractivity contribution >= 4 is 27.6 Å². The molecule has 2 aromatic heterocycles. The van der Waals surface area contributed by atoms with E-state index >= 15 is 0 Å². The van der Waals surface area contributed by atoms with E-state index in [2.05, 4.69) is 58.6 Å². The molecule has 1 saturated carbocycles. The molecule has 3 aromatic carbocycles. The Balaban J connectivity index is 1.31. The Hall–Kier alpha value is -4.36. The molecule has 43 heavy (non-hydrogen) atoms. The Morgan fingerprint density at radius 1 is 1.02 bits per heavy atom. The minimum Gasteiger partial charge on any atom is -0.493 e. The molecule has 0 unspecified atom stereocenters. The fourth-order valence-electron chi connectivity index (χ4n) is 6.48. The van der Waals surface area contributed by atoms with E-state index in [9.17, 15) is 4.79 Å². The van der Waals surface area contributed by atoms with Gasteiger partial charge in [-0.15, -0.1) is 0 Å². The third-order valence-corrected chi connectivity index (χ3v) is 8.53. The molecule has 1 fully saturated rings. The fourth-order valence-corrected chi connectivity index (χ4v) is 6.48. The lowest BCUT2D eigenvalue weighted by Gasteiger charge is -2.12. The maximum atomic E-state index is 13.6. The zero-order valence-corrected chi connectivity index (χ0v) is 24.8. The standard InChI is InChI=1S/C36H37N3O4/c1-3-42-36(40)35-29(16-10-22-43-32-17-8-12-25-11-4-5-13-27(25)32)28-14-9-15-30-33-24(2)39(26-18-19-26)37-31(33)23-41-21-7-6-20-38(35)34(28)30/h4-9,11-15,17,26H,3,10,16,18-23H2,1-2H3/b7-6-. The molecule has 0 radical (unpaired) electrons. The second-order valence-electron chi connectivity index (χ2n) is 11.4. The molecule has 1 aliphatic carbocycles. The van der Waals surface area contributed by atoms with E-state index in [1.807, 2.05) is 37.3 Å². The van der Waals surface area contributed by atoms with Gasteiger partial charge in [-0.05, 0) is 56.5 Å². The van der Waals surface area contributed by atoms with Gasteiger partial charge in [0.05, 0.1) is 43.7 Å². The molecule has 0 spiro atoms. The summed E-state index contributed by atoms with van der Waals surface area (Å²) in [6, 6.07) is 21.3. The number of carbonyl (C=O) groups excluding carboxylic acids is 1. The average Bonchev–Trinajstić information content (AvgIpc) is 3.75. The second-order valence-corrected chi connectivity index (χ2v) is 11.4. The number of ether oxygens (including phenoxy) is 3. The largest absolute Gasteiger partial charge is 0.493 e. The highest BCUT2D eigenvalue weighted by Crippen LogP contribution is 2.42. The summed E-state index contributed by atoms with van der Waals surface area (Å²) in [4.78, 5) is 13.6. The van der Waals surface area contributed by atoms with E-state index in [0.717, 1.165) is 74.8 Å². The monoisotopic (exact) mass is 575 g/mol. The first-order chi connectivity index (χ1) is 21.2. The number of benzene rings is 3. The molecule has 0 saturated heterocycles. The van der Waals surface area contributed by atoms with Crippen LogP contribution in [0.5, 0.6) is 5.75 Å². The zero-order valence-electron chi connectivity index (χ0n) is 24.8. The molecule has 0 atom stereocenters. The Kier molecular flexibility index (Phi) is 7.49. The summed E-state index contributed by atoms with van der Waals surface area (Å²) >= 11 is 0. The van der Waals surface area contributed by atoms with Crippen LogP contribution in [0.25, 0.3) is 32.8 Å². The van der Waals surface area contributed by atoms with Gasteiger partial charge in [0.25, 0.3) is 0 Å². The molecule has 7 rings (SSSR count). The summed E-state index contributed by atoms with van der Waals surface area (Å²) in [5.41, 5.74) is 6.96. The summed E-state index contributed by atoms with van der Waals surface area (Å²) in [6.07, 6.45) is 7.86. The van der Waals surface area contributed by atoms with Crippen molar-refractivity contribution in [1.82, 2.24) is 14.3 Å². The zero-order chi connectivity index (χ0) is 29.3. The van der Waals surface area contributed by atoms with Gasteiger partial charge in [-0.2, -0.15) is 5.10 Å². The predicted octanol–water partition coefficient (Wildman–Crippen LogP) is 7.58. The van der Waals surface area contributed by atoms with Crippen molar-refractivity contribution < 1.29 is 19.0 Å². The summed E-state index contributed by atoms with van der Waals surface area (Å²) < 4.78 is 22.3. The molecular weight excluding hydrogens is 538 g/mol. The Morgan fingerprint density at radius 2 is 1.84 bits per heavy atom. The fraction of sp³-hybridized carbons (Fsp3) is 0.333. The highest BCUT2D eigenvalue weighted by Gasteiger charge is 2.31. The van der Waals surface area contributed by atoms with E-state index in [4.69, 9.17) is 19.3 Å². The Bertz CT molecular complexity index is 1840. The first kappa shape index (κ1) is 27.5. The van der Waals surface area contributed by atoms with Gasteiger partial charge < -0.3 is 18.8 Å². The molecule has 2 aliphatic rings. The normalized spacial score (nSPS) is 15.7. The maximum absolute atomic E-state index is 13.6. The molecule has 0 bridgehead atoms. The molecule has 0 N–H and O–H groups in total. The third-order valence-electron chi connectivity index (χ3n) is 8.53. The summed E-state index contributed by atoms with van der Waals surface area (Å²) in [6.45, 7) is 6.35. The highest BCUT2D eigenvalue weighted by molar-refractivity contribution is 6.05. The number of nitrogens with zero attached hydrogens (tertiary/aromatic N) is 3. The Labute approximate surface area is 251 Å². The number of allylic oxidation sites excluding steroid dienone is 1. The first-order valence-corrected chi connectivity index (χ1v) is 15.4. The number of hydrogen-bond donors (Lipinski definition) is 0. The molecule has 1 aliphatic heterocycles. The molecule has 7 heteroatoms. The van der Waals surface area contributed by atoms with Crippen LogP contribution in [-0.4, -0.2) is 40.1 Å². The number of rotatable bonds is 8. The second kappa shape index (κ2) is 11.7. The van der Waals surface area contributed by atoms with E-state index in [0.29, 0.717) is 51.1 Å². The van der Waals surface area contributed by atoms with Crippen LogP contribution in [0, 0.1) is 6.92 Å². The number of fused-ring (bicyclic) bond motifs is 3. The van der Waals surface area contributed by atoms with Gasteiger partial charge in [0.1, 0.15) is 11.4 Å². The maximum Gasteiger partial charge on any atom is 0.355 e. The van der Waals surface area contributed by atoms with Gasteiger partial charge in [0.2, 0.25) is 0 Å². The van der Waals surface area contributed by atoms with Crippen molar-refractivity contribution in [3.63, 3.8) is 0 Å². The summed E-state index contributed by atoms with van der Waals surface area (Å²) in [5, 5.41) is 8.37. The summed E-state index contributed by atoms with van der Waals surface area (Å²) in [5.74, 6) is 0.589. The van der Waals surface area contributed by atoms with Crippen molar-refractivity contribution in [3.8, 4) is 16.9 Å². The molecular formula is C36H37N3O4. The van der Waals surface area contributed by atoms with Gasteiger partial charge in [0, 0.05) is 34.1 Å². The number of aromatic nitrogens is 3. The smallest absolute Gasteiger partial charge is 0.355 e. The SMILES string of the molecule is CCOC(=O)c1c(CCCOc2cccc3ccccc23)c2cccc3c2n1C/C=C\COCc1nn(C2CC2)c(C)c1-3. The molecule has 220 valence electrons. The van der Waals surface area contributed by atoms with E-state index in [1.165, 1.54) is 0 Å². The Morgan fingerprint density at radius 3 is 2.70 bits per heavy atom. The summed E-state index contributed by atoms with van der Waals surface area (Å²) in [7, 11) is 0. The average molecular weight is 576 g/mol. The van der Waals surface area contributed by atoms with E-state index in [-0.39, 0.29) is 5.97 Å². The van der Waals surface area contributed by atoms with Crippen LogP contribution < -0.4 is 4.74 Å². The van der Waals surface area contributed by atoms with E-state index < -0.39 is 0 Å². The lowest BCUT2D eigenvalue weighted by Crippen LogP contribution is -2.14. The van der Waals surface area contributed by atoms with Gasteiger partial charge in [0.15, 0.2) is 0 Å². The molecule has 0 amide bonds. The highest BCUT2D eigenvalue weighted by atomic mass is 16.5. The van der Waals surface area contributed by atoms with Crippen LogP contribution in [0.1, 0.15) is 59.7 Å². The van der Waals surface area contributed by atoms with Gasteiger partial charge in [-0.1, -0.05) is 66.7 Å². The number of hydrogen-bond acceptors (Lipinski definition) is 5. The third kappa shape index (κ3) is 5.12. The lowest BCUT2D eigenvalue weighted by molar-refractivity contribution is 0.0513. The van der Waals surface area contributed by atoms with Gasteiger partial charge in [-0.25, -0.2) is 4.79 Å². The first-order valence-electron chi connectivity index (χ1n) is 15.4. The van der Waals surface area contributed by atoms with Crippen LogP contribution in [0.4, 0.5) is 0 Å². The molecule has 5 aromatic rings. The number of esters is 1. The number of aryl methyl sites for hydroxylation is 1. The van der Waals surface area contributed by atoms with Crippen LogP contribution in [0.15, 0.2) is 72.8 Å². The number of para-hydroxylation sites is 1. The van der Waals surface area contributed by atoms with Crippen molar-refractivity contribution in [2.24, 2.45) is 0 Å². The minimum absolute atomic E-state index is 0.292. The van der Waals surface area contributed by atoms with Crippen molar-refractivity contribution in [1.29, 1.82) is 0 Å². The number of carbonyl (C=O) groups is 1. The molecule has 3 heterocycles.